The predicted molar refractivity (Wildman–Crippen MR) is 108 cm³/mol. The average molecular weight is 385 g/mol. The highest BCUT2D eigenvalue weighted by atomic mass is 16.5. The van der Waals surface area contributed by atoms with E-state index in [1.165, 1.54) is 7.11 Å². The summed E-state index contributed by atoms with van der Waals surface area (Å²) < 4.78 is 15.5. The number of rotatable bonds is 8. The number of hydrogen-bond acceptors (Lipinski definition) is 5. The molecule has 0 saturated carbocycles. The lowest BCUT2D eigenvalue weighted by Gasteiger charge is -2.16. The number of amides is 1. The Kier molecular flexibility index (Phi) is 7.44. The van der Waals surface area contributed by atoms with Crippen LogP contribution in [0.25, 0.3) is 0 Å². The molecule has 6 heteroatoms. The zero-order valence-electron chi connectivity index (χ0n) is 17.0. The molecule has 0 atom stereocenters. The summed E-state index contributed by atoms with van der Waals surface area (Å²) in [6.45, 7) is 5.73. The van der Waals surface area contributed by atoms with Crippen LogP contribution >= 0.6 is 0 Å². The summed E-state index contributed by atoms with van der Waals surface area (Å²) in [5.41, 5.74) is 3.50. The topological polar surface area (TPSA) is 73.9 Å². The molecule has 0 heterocycles. The fourth-order valence-electron chi connectivity index (χ4n) is 2.87. The monoisotopic (exact) mass is 385 g/mol. The quantitative estimate of drug-likeness (QED) is 0.699. The molecular weight excluding hydrogens is 358 g/mol. The maximum Gasteiger partial charge on any atom is 0.310 e. The minimum atomic E-state index is -0.490. The number of benzene rings is 2. The molecule has 0 radical (unpaired) electrons. The summed E-state index contributed by atoms with van der Waals surface area (Å²) in [7, 11) is 3.07. The van der Waals surface area contributed by atoms with Crippen LogP contribution in [0.15, 0.2) is 36.4 Å². The molecule has 0 aliphatic heterocycles. The second-order valence-electron chi connectivity index (χ2n) is 6.77. The fourth-order valence-corrected chi connectivity index (χ4v) is 2.87. The van der Waals surface area contributed by atoms with Crippen LogP contribution in [0, 0.1) is 6.92 Å². The molecule has 0 aromatic heterocycles. The van der Waals surface area contributed by atoms with Crippen LogP contribution in [0.2, 0.25) is 0 Å². The van der Waals surface area contributed by atoms with E-state index in [9.17, 15) is 9.59 Å². The van der Waals surface area contributed by atoms with E-state index < -0.39 is 5.97 Å². The van der Waals surface area contributed by atoms with Crippen LogP contribution in [0.5, 0.6) is 11.5 Å². The number of nitrogens with one attached hydrogen (secondary N) is 1. The van der Waals surface area contributed by atoms with Crippen LogP contribution in [0.1, 0.15) is 36.5 Å². The van der Waals surface area contributed by atoms with Crippen molar-refractivity contribution in [2.75, 3.05) is 26.1 Å². The maximum atomic E-state index is 12.3. The molecule has 6 nitrogen and oxygen atoms in total. The molecule has 0 fully saturated rings. The van der Waals surface area contributed by atoms with Gasteiger partial charge in [-0.15, -0.1) is 0 Å². The fraction of sp³-hybridized carbons (Fsp3) is 0.364. The lowest BCUT2D eigenvalue weighted by molar-refractivity contribution is -0.146. The van der Waals surface area contributed by atoms with Gasteiger partial charge in [0.15, 0.2) is 18.1 Å². The van der Waals surface area contributed by atoms with Crippen molar-refractivity contribution in [3.63, 3.8) is 0 Å². The van der Waals surface area contributed by atoms with Gasteiger partial charge in [-0.25, -0.2) is 0 Å². The Bertz CT molecular complexity index is 845. The zero-order chi connectivity index (χ0) is 20.7. The van der Waals surface area contributed by atoms with Crippen LogP contribution in [-0.4, -0.2) is 32.7 Å². The minimum Gasteiger partial charge on any atom is -0.493 e. The van der Waals surface area contributed by atoms with Crippen molar-refractivity contribution in [1.82, 2.24) is 0 Å². The molecule has 0 saturated heterocycles. The van der Waals surface area contributed by atoms with Gasteiger partial charge >= 0.3 is 5.97 Å². The summed E-state index contributed by atoms with van der Waals surface area (Å²) in [6.07, 6.45) is 0.0369. The van der Waals surface area contributed by atoms with Crippen molar-refractivity contribution in [2.24, 2.45) is 0 Å². The Hall–Kier alpha value is -3.02. The van der Waals surface area contributed by atoms with Crippen molar-refractivity contribution >= 4 is 17.6 Å². The van der Waals surface area contributed by atoms with Gasteiger partial charge < -0.3 is 19.5 Å². The smallest absolute Gasteiger partial charge is 0.310 e. The maximum absolute atomic E-state index is 12.3. The van der Waals surface area contributed by atoms with E-state index in [4.69, 9.17) is 14.2 Å². The van der Waals surface area contributed by atoms with Gasteiger partial charge in [0.05, 0.1) is 20.6 Å². The van der Waals surface area contributed by atoms with Crippen LogP contribution in [0.3, 0.4) is 0 Å². The Labute approximate surface area is 165 Å². The number of esters is 1. The van der Waals surface area contributed by atoms with Gasteiger partial charge in [-0.2, -0.15) is 0 Å². The third kappa shape index (κ3) is 5.49. The molecule has 0 bridgehead atoms. The van der Waals surface area contributed by atoms with E-state index in [1.54, 1.807) is 25.3 Å². The molecule has 1 N–H and O–H groups in total. The highest BCUT2D eigenvalue weighted by Crippen LogP contribution is 2.28. The van der Waals surface area contributed by atoms with Gasteiger partial charge in [-0.05, 0) is 41.7 Å². The van der Waals surface area contributed by atoms with Crippen molar-refractivity contribution in [1.29, 1.82) is 0 Å². The first-order chi connectivity index (χ1) is 13.3. The van der Waals surface area contributed by atoms with Gasteiger partial charge in [-0.1, -0.05) is 38.1 Å². The largest absolute Gasteiger partial charge is 0.493 e. The highest BCUT2D eigenvalue weighted by molar-refractivity contribution is 5.94. The summed E-state index contributed by atoms with van der Waals surface area (Å²) in [5, 5.41) is 2.86. The molecule has 2 aromatic carbocycles. The summed E-state index contributed by atoms with van der Waals surface area (Å²) in [5.74, 6) is 0.528. The van der Waals surface area contributed by atoms with E-state index in [2.05, 4.69) is 19.2 Å². The second-order valence-corrected chi connectivity index (χ2v) is 6.77. The standard InChI is InChI=1S/C22H27NO5/c1-14(2)17-8-6-7-15(3)22(17)23-20(24)13-28-21(25)12-16-9-10-18(26-4)19(11-16)27-5/h6-11,14H,12-13H2,1-5H3,(H,23,24). The lowest BCUT2D eigenvalue weighted by atomic mass is 9.98. The van der Waals surface area contributed by atoms with Crippen molar-refractivity contribution < 1.29 is 23.8 Å². The number of hydrogen-bond donors (Lipinski definition) is 1. The predicted octanol–water partition coefficient (Wildman–Crippen LogP) is 3.86. The van der Waals surface area contributed by atoms with Gasteiger partial charge in [-0.3, -0.25) is 9.59 Å². The number of methoxy groups -OCH3 is 2. The molecule has 150 valence electrons. The van der Waals surface area contributed by atoms with Crippen LogP contribution in [0.4, 0.5) is 5.69 Å². The minimum absolute atomic E-state index is 0.0369. The van der Waals surface area contributed by atoms with Crippen molar-refractivity contribution in [2.45, 2.75) is 33.1 Å². The molecule has 28 heavy (non-hydrogen) atoms. The number of ether oxygens (including phenoxy) is 3. The number of aryl methyl sites for hydroxylation is 1. The molecule has 0 aliphatic carbocycles. The molecule has 2 rings (SSSR count). The Morgan fingerprint density at radius 3 is 2.39 bits per heavy atom. The Morgan fingerprint density at radius 1 is 1.04 bits per heavy atom. The van der Waals surface area contributed by atoms with E-state index in [0.29, 0.717) is 17.1 Å². The van der Waals surface area contributed by atoms with E-state index in [-0.39, 0.29) is 24.9 Å². The summed E-state index contributed by atoms with van der Waals surface area (Å²) >= 11 is 0. The lowest BCUT2D eigenvalue weighted by Crippen LogP contribution is -2.22. The number of carbonyl (C=O) groups excluding carboxylic acids is 2. The molecule has 2 aromatic rings. The van der Waals surface area contributed by atoms with Gasteiger partial charge in [0.2, 0.25) is 0 Å². The zero-order valence-corrected chi connectivity index (χ0v) is 17.0. The Balaban J connectivity index is 1.94. The molecular formula is C22H27NO5. The van der Waals surface area contributed by atoms with Crippen LogP contribution in [-0.2, 0) is 20.7 Å². The first-order valence-corrected chi connectivity index (χ1v) is 9.11. The number of anilines is 1. The molecule has 1 amide bonds. The summed E-state index contributed by atoms with van der Waals surface area (Å²) in [6, 6.07) is 11.1. The van der Waals surface area contributed by atoms with Gasteiger partial charge in [0.1, 0.15) is 0 Å². The first-order valence-electron chi connectivity index (χ1n) is 9.11. The first kappa shape index (κ1) is 21.3. The Morgan fingerprint density at radius 2 is 1.75 bits per heavy atom. The van der Waals surface area contributed by atoms with Crippen molar-refractivity contribution in [3.05, 3.63) is 53.1 Å². The van der Waals surface area contributed by atoms with Gasteiger partial charge in [0.25, 0.3) is 5.91 Å². The molecule has 0 spiro atoms. The SMILES string of the molecule is COc1ccc(CC(=O)OCC(=O)Nc2c(C)cccc2C(C)C)cc1OC. The van der Waals surface area contributed by atoms with E-state index in [1.807, 2.05) is 25.1 Å². The van der Waals surface area contributed by atoms with Crippen molar-refractivity contribution in [3.8, 4) is 11.5 Å². The third-order valence-corrected chi connectivity index (χ3v) is 4.35. The van der Waals surface area contributed by atoms with Crippen LogP contribution < -0.4 is 14.8 Å². The number of carbonyl (C=O) groups is 2. The molecule has 0 unspecified atom stereocenters. The summed E-state index contributed by atoms with van der Waals surface area (Å²) in [4.78, 5) is 24.3. The number of para-hydroxylation sites is 1. The third-order valence-electron chi connectivity index (χ3n) is 4.35. The highest BCUT2D eigenvalue weighted by Gasteiger charge is 2.14. The molecule has 0 aliphatic rings. The van der Waals surface area contributed by atoms with E-state index >= 15 is 0 Å². The normalized spacial score (nSPS) is 10.5. The second kappa shape index (κ2) is 9.78. The average Bonchev–Trinajstić information content (AvgIpc) is 2.67. The van der Waals surface area contributed by atoms with Gasteiger partial charge in [0, 0.05) is 5.69 Å². The van der Waals surface area contributed by atoms with E-state index in [0.717, 1.165) is 16.8 Å².